The number of hydrogen-bond donors (Lipinski definition) is 1. The van der Waals surface area contributed by atoms with E-state index in [1.54, 1.807) is 6.20 Å². The maximum absolute atomic E-state index is 5.95. The Morgan fingerprint density at radius 1 is 0.862 bits per heavy atom. The molecule has 0 aliphatic carbocycles. The average Bonchev–Trinajstić information content (AvgIpc) is 2.70. The summed E-state index contributed by atoms with van der Waals surface area (Å²) in [6.45, 7) is 4.54. The number of aromatic nitrogens is 1. The van der Waals surface area contributed by atoms with Crippen LogP contribution in [0.15, 0.2) is 67.0 Å². The number of nitrogens with one attached hydrogen (secondary N) is 1. The summed E-state index contributed by atoms with van der Waals surface area (Å²) in [5.41, 5.74) is 3.36. The van der Waals surface area contributed by atoms with E-state index in [-0.39, 0.29) is 24.8 Å². The van der Waals surface area contributed by atoms with Gasteiger partial charge in [0.15, 0.2) is 11.5 Å². The van der Waals surface area contributed by atoms with Crippen LogP contribution < -0.4 is 14.8 Å². The van der Waals surface area contributed by atoms with Crippen molar-refractivity contribution in [1.29, 1.82) is 0 Å². The lowest BCUT2D eigenvalue weighted by Gasteiger charge is -2.14. The summed E-state index contributed by atoms with van der Waals surface area (Å²) in [4.78, 5) is 4.13. The van der Waals surface area contributed by atoms with Gasteiger partial charge in [0.05, 0.1) is 6.61 Å². The molecule has 0 radical (unpaired) electrons. The molecule has 4 nitrogen and oxygen atoms in total. The van der Waals surface area contributed by atoms with Crippen molar-refractivity contribution in [3.63, 3.8) is 0 Å². The summed E-state index contributed by atoms with van der Waals surface area (Å²) in [5.74, 6) is 1.50. The van der Waals surface area contributed by atoms with Crippen molar-refractivity contribution < 1.29 is 9.47 Å². The number of nitrogens with zero attached hydrogens (tertiary/aromatic N) is 1. The van der Waals surface area contributed by atoms with Crippen molar-refractivity contribution in [1.82, 2.24) is 10.3 Å². The molecule has 0 aliphatic heterocycles. The van der Waals surface area contributed by atoms with Crippen LogP contribution in [0, 0.1) is 0 Å². The zero-order valence-electron chi connectivity index (χ0n) is 16.1. The molecule has 3 rings (SSSR count). The summed E-state index contributed by atoms with van der Waals surface area (Å²) < 4.78 is 11.7. The molecule has 0 amide bonds. The lowest BCUT2D eigenvalue weighted by atomic mass is 10.2. The number of benzene rings is 2. The van der Waals surface area contributed by atoms with Crippen LogP contribution in [0.25, 0.3) is 0 Å². The van der Waals surface area contributed by atoms with E-state index in [2.05, 4.69) is 22.4 Å². The quantitative estimate of drug-likeness (QED) is 0.440. The van der Waals surface area contributed by atoms with Crippen LogP contribution in [0.1, 0.15) is 23.6 Å². The molecule has 0 unspecified atom stereocenters. The number of pyridine rings is 1. The zero-order valence-corrected chi connectivity index (χ0v) is 18.5. The Morgan fingerprint density at radius 2 is 1.59 bits per heavy atom. The first-order valence-electron chi connectivity index (χ1n) is 8.97. The lowest BCUT2D eigenvalue weighted by molar-refractivity contribution is 0.269. The van der Waals surface area contributed by atoms with Crippen LogP contribution in [0.5, 0.6) is 11.5 Å². The highest BCUT2D eigenvalue weighted by molar-refractivity contribution is 6.30. The summed E-state index contributed by atoms with van der Waals surface area (Å²) in [5, 5.41) is 4.14. The molecule has 0 aliphatic rings. The maximum atomic E-state index is 5.95. The van der Waals surface area contributed by atoms with Crippen LogP contribution in [0.3, 0.4) is 0 Å². The van der Waals surface area contributed by atoms with Gasteiger partial charge >= 0.3 is 0 Å². The van der Waals surface area contributed by atoms with Crippen molar-refractivity contribution in [2.75, 3.05) is 6.61 Å². The SMILES string of the molecule is CCOc1cc(CNCc2cccnc2)ccc1OCc1ccc(Cl)cc1.Cl.Cl. The van der Waals surface area contributed by atoms with Gasteiger partial charge in [-0.2, -0.15) is 0 Å². The van der Waals surface area contributed by atoms with E-state index in [1.165, 1.54) is 0 Å². The van der Waals surface area contributed by atoms with Crippen LogP contribution in [-0.2, 0) is 19.7 Å². The molecular formula is C22H25Cl3N2O2. The third-order valence-electron chi connectivity index (χ3n) is 4.00. The minimum Gasteiger partial charge on any atom is -0.490 e. The van der Waals surface area contributed by atoms with E-state index in [9.17, 15) is 0 Å². The van der Waals surface area contributed by atoms with Crippen molar-refractivity contribution in [3.8, 4) is 11.5 Å². The minimum absolute atomic E-state index is 0. The second-order valence-corrected chi connectivity index (χ2v) is 6.53. The van der Waals surface area contributed by atoms with E-state index in [4.69, 9.17) is 21.1 Å². The van der Waals surface area contributed by atoms with Gasteiger partial charge in [0.25, 0.3) is 0 Å². The Morgan fingerprint density at radius 3 is 2.28 bits per heavy atom. The van der Waals surface area contributed by atoms with Gasteiger partial charge in [0, 0.05) is 30.5 Å². The van der Waals surface area contributed by atoms with Crippen LogP contribution in [0.4, 0.5) is 0 Å². The first-order valence-corrected chi connectivity index (χ1v) is 9.35. The third-order valence-corrected chi connectivity index (χ3v) is 4.25. The third kappa shape index (κ3) is 8.11. The molecule has 0 bridgehead atoms. The molecular weight excluding hydrogens is 431 g/mol. The highest BCUT2D eigenvalue weighted by Gasteiger charge is 2.07. The van der Waals surface area contributed by atoms with E-state index in [0.29, 0.717) is 13.2 Å². The second-order valence-electron chi connectivity index (χ2n) is 6.09. The normalized spacial score (nSPS) is 9.86. The molecule has 156 valence electrons. The Hall–Kier alpha value is -1.98. The van der Waals surface area contributed by atoms with Gasteiger partial charge in [-0.05, 0) is 53.9 Å². The van der Waals surface area contributed by atoms with Gasteiger partial charge in [-0.3, -0.25) is 4.98 Å². The monoisotopic (exact) mass is 454 g/mol. The van der Waals surface area contributed by atoms with Crippen molar-refractivity contribution >= 4 is 36.4 Å². The molecule has 0 atom stereocenters. The summed E-state index contributed by atoms with van der Waals surface area (Å²) >= 11 is 5.92. The number of halogens is 3. The average molecular weight is 456 g/mol. The lowest BCUT2D eigenvalue weighted by Crippen LogP contribution is -2.13. The molecule has 1 heterocycles. The Balaban J connectivity index is 0.00000210. The standard InChI is InChI=1S/C22H23ClN2O2.2ClH/c1-2-26-22-12-18(13-25-15-19-4-3-11-24-14-19)7-10-21(22)27-16-17-5-8-20(23)9-6-17;;/h3-12,14,25H,2,13,15-16H2,1H3;2*1H. The number of hydrogen-bond acceptors (Lipinski definition) is 4. The predicted octanol–water partition coefficient (Wildman–Crippen LogP) is 5.85. The van der Waals surface area contributed by atoms with E-state index >= 15 is 0 Å². The molecule has 1 N–H and O–H groups in total. The molecule has 7 heteroatoms. The first kappa shape index (κ1) is 25.1. The molecule has 2 aromatic carbocycles. The molecule has 1 aromatic heterocycles. The Labute approximate surface area is 189 Å². The van der Waals surface area contributed by atoms with Crippen LogP contribution in [-0.4, -0.2) is 11.6 Å². The van der Waals surface area contributed by atoms with Gasteiger partial charge in [-0.1, -0.05) is 35.9 Å². The minimum atomic E-state index is 0. The fourth-order valence-electron chi connectivity index (χ4n) is 2.65. The van der Waals surface area contributed by atoms with Gasteiger partial charge < -0.3 is 14.8 Å². The molecule has 3 aromatic rings. The van der Waals surface area contributed by atoms with Crippen molar-refractivity contribution in [2.45, 2.75) is 26.6 Å². The van der Waals surface area contributed by atoms with E-state index < -0.39 is 0 Å². The smallest absolute Gasteiger partial charge is 0.161 e. The zero-order chi connectivity index (χ0) is 18.9. The highest BCUT2D eigenvalue weighted by atomic mass is 35.5. The summed E-state index contributed by atoms with van der Waals surface area (Å²) in [6, 6.07) is 17.7. The molecule has 29 heavy (non-hydrogen) atoms. The fourth-order valence-corrected chi connectivity index (χ4v) is 2.77. The largest absolute Gasteiger partial charge is 0.490 e. The van der Waals surface area contributed by atoms with Crippen LogP contribution >= 0.6 is 36.4 Å². The van der Waals surface area contributed by atoms with E-state index in [1.807, 2.05) is 55.6 Å². The summed E-state index contributed by atoms with van der Waals surface area (Å²) in [7, 11) is 0. The van der Waals surface area contributed by atoms with Crippen molar-refractivity contribution in [2.24, 2.45) is 0 Å². The topological polar surface area (TPSA) is 43.4 Å². The predicted molar refractivity (Wildman–Crippen MR) is 123 cm³/mol. The highest BCUT2D eigenvalue weighted by Crippen LogP contribution is 2.29. The van der Waals surface area contributed by atoms with Gasteiger partial charge in [0.2, 0.25) is 0 Å². The molecule has 0 fully saturated rings. The van der Waals surface area contributed by atoms with E-state index in [0.717, 1.165) is 46.3 Å². The molecule has 0 saturated carbocycles. The molecule has 0 spiro atoms. The van der Waals surface area contributed by atoms with Gasteiger partial charge in [0.1, 0.15) is 6.61 Å². The van der Waals surface area contributed by atoms with Crippen LogP contribution in [0.2, 0.25) is 5.02 Å². The summed E-state index contributed by atoms with van der Waals surface area (Å²) in [6.07, 6.45) is 3.65. The van der Waals surface area contributed by atoms with Crippen molar-refractivity contribution in [3.05, 3.63) is 88.7 Å². The second kappa shape index (κ2) is 13.3. The Kier molecular flexibility index (Phi) is 11.5. The maximum Gasteiger partial charge on any atom is 0.161 e. The molecule has 0 saturated heterocycles. The number of ether oxygens (including phenoxy) is 2. The van der Waals surface area contributed by atoms with Gasteiger partial charge in [-0.25, -0.2) is 0 Å². The first-order chi connectivity index (χ1) is 13.2. The Bertz CT molecular complexity index is 846. The fraction of sp³-hybridized carbons (Fsp3) is 0.227. The number of rotatable bonds is 9. The van der Waals surface area contributed by atoms with Gasteiger partial charge in [-0.15, -0.1) is 24.8 Å².